The van der Waals surface area contributed by atoms with Crippen LogP contribution >= 0.6 is 0 Å². The zero-order chi connectivity index (χ0) is 15.6. The second kappa shape index (κ2) is 5.93. The van der Waals surface area contributed by atoms with Crippen LogP contribution in [-0.2, 0) is 17.5 Å². The molecule has 1 amide bonds. The van der Waals surface area contributed by atoms with E-state index in [-0.39, 0.29) is 18.2 Å². The standard InChI is InChI=1S/C14H18F3N3O/c1-19-7-9-2-3-12(11(6-9)14(15,16)17)20-5-4-10(8-20)13(18)21/h2-3,6,10,19H,4-5,7-8H2,1H3,(H2,18,21). The smallest absolute Gasteiger partial charge is 0.370 e. The molecule has 1 aliphatic heterocycles. The molecular weight excluding hydrogens is 283 g/mol. The fourth-order valence-corrected chi connectivity index (χ4v) is 2.61. The quantitative estimate of drug-likeness (QED) is 0.890. The fraction of sp³-hybridized carbons (Fsp3) is 0.500. The lowest BCUT2D eigenvalue weighted by Crippen LogP contribution is -2.28. The van der Waals surface area contributed by atoms with Gasteiger partial charge in [0.1, 0.15) is 0 Å². The summed E-state index contributed by atoms with van der Waals surface area (Å²) in [5.41, 5.74) is 5.25. The van der Waals surface area contributed by atoms with Gasteiger partial charge in [-0.2, -0.15) is 13.2 Å². The van der Waals surface area contributed by atoms with Crippen LogP contribution in [0.15, 0.2) is 18.2 Å². The number of nitrogens with two attached hydrogens (primary N) is 1. The third-order valence-electron chi connectivity index (χ3n) is 3.68. The van der Waals surface area contributed by atoms with Crippen LogP contribution in [0.1, 0.15) is 17.5 Å². The van der Waals surface area contributed by atoms with E-state index < -0.39 is 17.6 Å². The molecule has 0 radical (unpaired) electrons. The summed E-state index contributed by atoms with van der Waals surface area (Å²) in [6.07, 6.45) is -3.94. The predicted octanol–water partition coefficient (Wildman–Crippen LogP) is 1.74. The number of carbonyl (C=O) groups excluding carboxylic acids is 1. The van der Waals surface area contributed by atoms with Gasteiger partial charge >= 0.3 is 6.18 Å². The van der Waals surface area contributed by atoms with Gasteiger partial charge in [-0.15, -0.1) is 0 Å². The van der Waals surface area contributed by atoms with Crippen molar-refractivity contribution in [3.8, 4) is 0 Å². The topological polar surface area (TPSA) is 58.4 Å². The summed E-state index contributed by atoms with van der Waals surface area (Å²) in [6, 6.07) is 4.29. The third-order valence-corrected chi connectivity index (χ3v) is 3.68. The number of alkyl halides is 3. The van der Waals surface area contributed by atoms with Gasteiger partial charge in [0.25, 0.3) is 0 Å². The first-order chi connectivity index (χ1) is 9.82. The number of hydrogen-bond donors (Lipinski definition) is 2. The molecular formula is C14H18F3N3O. The number of rotatable bonds is 4. The molecule has 0 aromatic heterocycles. The first-order valence-corrected chi connectivity index (χ1v) is 6.72. The van der Waals surface area contributed by atoms with E-state index in [1.54, 1.807) is 18.0 Å². The molecule has 0 spiro atoms. The summed E-state index contributed by atoms with van der Waals surface area (Å²) in [5, 5.41) is 2.83. The lowest BCUT2D eigenvalue weighted by atomic mass is 10.1. The first-order valence-electron chi connectivity index (χ1n) is 6.72. The van der Waals surface area contributed by atoms with Crippen molar-refractivity contribution in [2.24, 2.45) is 11.7 Å². The van der Waals surface area contributed by atoms with Crippen LogP contribution in [0.4, 0.5) is 18.9 Å². The minimum atomic E-state index is -4.43. The zero-order valence-electron chi connectivity index (χ0n) is 11.7. The van der Waals surface area contributed by atoms with E-state index >= 15 is 0 Å². The second-order valence-electron chi connectivity index (χ2n) is 5.21. The summed E-state index contributed by atoms with van der Waals surface area (Å²) in [4.78, 5) is 12.7. The summed E-state index contributed by atoms with van der Waals surface area (Å²) in [7, 11) is 1.68. The van der Waals surface area contributed by atoms with Crippen LogP contribution in [0.25, 0.3) is 0 Å². The molecule has 1 aliphatic rings. The van der Waals surface area contributed by atoms with E-state index in [2.05, 4.69) is 5.32 Å². The molecule has 1 atom stereocenters. The second-order valence-corrected chi connectivity index (χ2v) is 5.21. The number of halogens is 3. The third kappa shape index (κ3) is 3.47. The van der Waals surface area contributed by atoms with Crippen molar-refractivity contribution < 1.29 is 18.0 Å². The molecule has 116 valence electrons. The monoisotopic (exact) mass is 301 g/mol. The number of amides is 1. The molecule has 1 saturated heterocycles. The van der Waals surface area contributed by atoms with Gasteiger partial charge in [0.15, 0.2) is 0 Å². The molecule has 3 N–H and O–H groups in total. The molecule has 0 saturated carbocycles. The molecule has 1 aromatic carbocycles. The van der Waals surface area contributed by atoms with Crippen LogP contribution in [-0.4, -0.2) is 26.0 Å². The van der Waals surface area contributed by atoms with Crippen molar-refractivity contribution in [3.63, 3.8) is 0 Å². The number of carbonyl (C=O) groups is 1. The molecule has 21 heavy (non-hydrogen) atoms. The molecule has 1 fully saturated rings. The average molecular weight is 301 g/mol. The average Bonchev–Trinajstić information content (AvgIpc) is 2.87. The number of primary amides is 1. The van der Waals surface area contributed by atoms with Gasteiger partial charge in [-0.05, 0) is 31.2 Å². The van der Waals surface area contributed by atoms with E-state index in [1.165, 1.54) is 6.07 Å². The fourth-order valence-electron chi connectivity index (χ4n) is 2.61. The molecule has 1 heterocycles. The molecule has 0 aliphatic carbocycles. The normalized spacial score (nSPS) is 19.0. The maximum Gasteiger partial charge on any atom is 0.418 e. The van der Waals surface area contributed by atoms with Crippen LogP contribution < -0.4 is 16.0 Å². The van der Waals surface area contributed by atoms with Gasteiger partial charge in [0.05, 0.1) is 11.5 Å². The zero-order valence-corrected chi connectivity index (χ0v) is 11.7. The van der Waals surface area contributed by atoms with Crippen molar-refractivity contribution >= 4 is 11.6 Å². The van der Waals surface area contributed by atoms with Crippen LogP contribution in [0, 0.1) is 5.92 Å². The van der Waals surface area contributed by atoms with Gasteiger partial charge in [-0.25, -0.2) is 0 Å². The minimum absolute atomic E-state index is 0.117. The lowest BCUT2D eigenvalue weighted by molar-refractivity contribution is -0.137. The highest BCUT2D eigenvalue weighted by Crippen LogP contribution is 2.38. The Bertz CT molecular complexity index is 531. The van der Waals surface area contributed by atoms with Crippen molar-refractivity contribution in [2.75, 3.05) is 25.0 Å². The predicted molar refractivity (Wildman–Crippen MR) is 73.7 cm³/mol. The van der Waals surface area contributed by atoms with Crippen molar-refractivity contribution in [1.82, 2.24) is 5.32 Å². The van der Waals surface area contributed by atoms with Crippen LogP contribution in [0.5, 0.6) is 0 Å². The Kier molecular flexibility index (Phi) is 4.41. The Morgan fingerprint density at radius 2 is 2.19 bits per heavy atom. The Morgan fingerprint density at radius 3 is 2.71 bits per heavy atom. The molecule has 4 nitrogen and oxygen atoms in total. The Labute approximate surface area is 121 Å². The highest BCUT2D eigenvalue weighted by atomic mass is 19.4. The molecule has 2 rings (SSSR count). The number of hydrogen-bond acceptors (Lipinski definition) is 3. The molecule has 1 unspecified atom stereocenters. The summed E-state index contributed by atoms with van der Waals surface area (Å²) >= 11 is 0. The van der Waals surface area contributed by atoms with Crippen molar-refractivity contribution in [1.29, 1.82) is 0 Å². The molecule has 7 heteroatoms. The molecule has 1 aromatic rings. The van der Waals surface area contributed by atoms with E-state index in [0.717, 1.165) is 6.07 Å². The molecule has 0 bridgehead atoms. The van der Waals surface area contributed by atoms with E-state index in [1.807, 2.05) is 0 Å². The summed E-state index contributed by atoms with van der Waals surface area (Å²) in [6.45, 7) is 1.01. The van der Waals surface area contributed by atoms with Crippen LogP contribution in [0.3, 0.4) is 0 Å². The SMILES string of the molecule is CNCc1ccc(N2CCC(C(N)=O)C2)c(C(F)(F)F)c1. The number of nitrogens with one attached hydrogen (secondary N) is 1. The number of nitrogens with zero attached hydrogens (tertiary/aromatic N) is 1. The lowest BCUT2D eigenvalue weighted by Gasteiger charge is -2.23. The number of benzene rings is 1. The van der Waals surface area contributed by atoms with Gasteiger partial charge < -0.3 is 16.0 Å². The van der Waals surface area contributed by atoms with Crippen LogP contribution in [0.2, 0.25) is 0 Å². The minimum Gasteiger partial charge on any atom is -0.370 e. The van der Waals surface area contributed by atoms with Gasteiger partial charge in [0.2, 0.25) is 5.91 Å². The van der Waals surface area contributed by atoms with Gasteiger partial charge in [0, 0.05) is 25.3 Å². The Morgan fingerprint density at radius 1 is 1.48 bits per heavy atom. The van der Waals surface area contributed by atoms with E-state index in [9.17, 15) is 18.0 Å². The highest BCUT2D eigenvalue weighted by Gasteiger charge is 2.37. The van der Waals surface area contributed by atoms with E-state index in [4.69, 9.17) is 5.73 Å². The first kappa shape index (κ1) is 15.6. The van der Waals surface area contributed by atoms with Crippen molar-refractivity contribution in [2.45, 2.75) is 19.1 Å². The maximum absolute atomic E-state index is 13.2. The van der Waals surface area contributed by atoms with E-state index in [0.29, 0.717) is 25.1 Å². The summed E-state index contributed by atoms with van der Waals surface area (Å²) < 4.78 is 39.7. The largest absolute Gasteiger partial charge is 0.418 e. The Hall–Kier alpha value is -1.76. The van der Waals surface area contributed by atoms with Gasteiger partial charge in [-0.1, -0.05) is 6.07 Å². The highest BCUT2D eigenvalue weighted by molar-refractivity contribution is 5.78. The Balaban J connectivity index is 2.33. The maximum atomic E-state index is 13.2. The van der Waals surface area contributed by atoms with Crippen molar-refractivity contribution in [3.05, 3.63) is 29.3 Å². The number of anilines is 1. The summed E-state index contributed by atoms with van der Waals surface area (Å²) in [5.74, 6) is -0.846. The van der Waals surface area contributed by atoms with Gasteiger partial charge in [-0.3, -0.25) is 4.79 Å².